The summed E-state index contributed by atoms with van der Waals surface area (Å²) in [5.74, 6) is -0.131. The van der Waals surface area contributed by atoms with Crippen LogP contribution < -0.4 is 19.5 Å². The number of fused-ring (bicyclic) bond motifs is 2. The SMILES string of the molecule is CCOc1cnc2c(-c3nc4cc(F)c(O[C@@H](C)COC(=O)Nc5cnc(OCCCO)nc5)cc4s3)cc(C)cc2n1. The molecule has 224 valence electrons. The summed E-state index contributed by atoms with van der Waals surface area (Å²) < 4.78 is 37.4. The molecule has 0 aliphatic heterocycles. The third-order valence-electron chi connectivity index (χ3n) is 5.92. The number of aliphatic hydroxyl groups excluding tert-OH is 1. The minimum atomic E-state index is -0.752. The Kier molecular flexibility index (Phi) is 9.37. The first kappa shape index (κ1) is 29.8. The maximum Gasteiger partial charge on any atom is 0.411 e. The van der Waals surface area contributed by atoms with Gasteiger partial charge < -0.3 is 24.1 Å². The molecule has 0 spiro atoms. The van der Waals surface area contributed by atoms with Crippen molar-refractivity contribution in [2.45, 2.75) is 33.3 Å². The molecule has 0 unspecified atom stereocenters. The van der Waals surface area contributed by atoms with Crippen LogP contribution in [0.4, 0.5) is 14.9 Å². The molecule has 1 amide bonds. The van der Waals surface area contributed by atoms with E-state index < -0.39 is 18.0 Å². The molecule has 3 heterocycles. The molecule has 14 heteroatoms. The summed E-state index contributed by atoms with van der Waals surface area (Å²) in [6.45, 7) is 6.12. The summed E-state index contributed by atoms with van der Waals surface area (Å²) in [6.07, 6.45) is 3.35. The van der Waals surface area contributed by atoms with Crippen molar-refractivity contribution in [3.05, 3.63) is 54.2 Å². The predicted molar refractivity (Wildman–Crippen MR) is 158 cm³/mol. The number of hydrogen-bond acceptors (Lipinski definition) is 12. The van der Waals surface area contributed by atoms with Gasteiger partial charge >= 0.3 is 12.1 Å². The van der Waals surface area contributed by atoms with Crippen LogP contribution in [0.25, 0.3) is 31.8 Å². The number of nitrogens with one attached hydrogen (secondary N) is 1. The van der Waals surface area contributed by atoms with Crippen molar-refractivity contribution < 1.29 is 33.2 Å². The van der Waals surface area contributed by atoms with Crippen LogP contribution in [0.1, 0.15) is 25.8 Å². The van der Waals surface area contributed by atoms with Gasteiger partial charge in [0.1, 0.15) is 17.7 Å². The Hall–Kier alpha value is -4.69. The van der Waals surface area contributed by atoms with Crippen LogP contribution in [0.15, 0.2) is 42.9 Å². The molecule has 2 aromatic carbocycles. The lowest BCUT2D eigenvalue weighted by Crippen LogP contribution is -2.24. The number of carbonyl (C=O) groups is 1. The number of rotatable bonds is 12. The lowest BCUT2D eigenvalue weighted by molar-refractivity contribution is 0.0969. The van der Waals surface area contributed by atoms with E-state index in [0.29, 0.717) is 46.2 Å². The standard InChI is InChI=1S/C29H29FN6O6S/c1-4-39-25-14-31-26-19(8-16(2)9-22(26)35-25)27-36-21-10-20(30)23(11-24(21)43-27)42-17(3)15-41-29(38)34-18-12-32-28(33-13-18)40-7-5-6-37/h8-14,17,37H,4-7,15H2,1-3H3,(H,34,38)/t17-/m0/s1. The summed E-state index contributed by atoms with van der Waals surface area (Å²) in [4.78, 5) is 33.9. The van der Waals surface area contributed by atoms with Crippen LogP contribution in [0.5, 0.6) is 17.6 Å². The second-order valence-corrected chi connectivity index (χ2v) is 10.5. The molecule has 0 fully saturated rings. The molecule has 5 rings (SSSR count). The van der Waals surface area contributed by atoms with E-state index in [-0.39, 0.29) is 31.6 Å². The Labute approximate surface area is 249 Å². The van der Waals surface area contributed by atoms with E-state index in [9.17, 15) is 9.18 Å². The number of thiazole rings is 1. The van der Waals surface area contributed by atoms with Crippen LogP contribution in [0.2, 0.25) is 0 Å². The number of ether oxygens (including phenoxy) is 4. The van der Waals surface area contributed by atoms with Crippen LogP contribution in [0.3, 0.4) is 0 Å². The molecule has 12 nitrogen and oxygen atoms in total. The van der Waals surface area contributed by atoms with Crippen molar-refractivity contribution in [3.63, 3.8) is 0 Å². The van der Waals surface area contributed by atoms with Crippen molar-refractivity contribution in [1.82, 2.24) is 24.9 Å². The molecular formula is C29H29FN6O6S. The third kappa shape index (κ3) is 7.40. The van der Waals surface area contributed by atoms with Crippen LogP contribution in [0, 0.1) is 12.7 Å². The molecule has 5 aromatic rings. The number of aryl methyl sites for hydroxylation is 1. The number of aliphatic hydroxyl groups is 1. The largest absolute Gasteiger partial charge is 0.484 e. The highest BCUT2D eigenvalue weighted by molar-refractivity contribution is 7.21. The number of amides is 1. The van der Waals surface area contributed by atoms with Gasteiger partial charge in [-0.3, -0.25) is 5.32 Å². The lowest BCUT2D eigenvalue weighted by atomic mass is 10.1. The molecule has 0 aliphatic rings. The zero-order chi connectivity index (χ0) is 30.3. The lowest BCUT2D eigenvalue weighted by Gasteiger charge is -2.15. The molecule has 43 heavy (non-hydrogen) atoms. The third-order valence-corrected chi connectivity index (χ3v) is 6.97. The predicted octanol–water partition coefficient (Wildman–Crippen LogP) is 5.32. The van der Waals surface area contributed by atoms with Crippen molar-refractivity contribution in [1.29, 1.82) is 0 Å². The molecule has 1 atom stereocenters. The molecular weight excluding hydrogens is 579 g/mol. The van der Waals surface area contributed by atoms with Gasteiger partial charge in [-0.2, -0.15) is 0 Å². The highest BCUT2D eigenvalue weighted by Gasteiger charge is 2.18. The maximum absolute atomic E-state index is 15.0. The number of halogens is 1. The van der Waals surface area contributed by atoms with Gasteiger partial charge in [0.15, 0.2) is 11.6 Å². The van der Waals surface area contributed by atoms with Gasteiger partial charge in [0, 0.05) is 30.7 Å². The second kappa shape index (κ2) is 13.5. The Balaban J connectivity index is 1.23. The van der Waals surface area contributed by atoms with Gasteiger partial charge in [0.2, 0.25) is 5.88 Å². The highest BCUT2D eigenvalue weighted by Crippen LogP contribution is 2.37. The van der Waals surface area contributed by atoms with Crippen LogP contribution >= 0.6 is 11.3 Å². The highest BCUT2D eigenvalue weighted by atomic mass is 32.1. The summed E-state index contributed by atoms with van der Waals surface area (Å²) in [7, 11) is 0. The Morgan fingerprint density at radius 1 is 1.07 bits per heavy atom. The first-order valence-corrected chi connectivity index (χ1v) is 14.3. The van der Waals surface area contributed by atoms with Gasteiger partial charge in [-0.25, -0.2) is 34.1 Å². The van der Waals surface area contributed by atoms with E-state index in [4.69, 9.17) is 24.1 Å². The Morgan fingerprint density at radius 2 is 1.88 bits per heavy atom. The number of nitrogens with zero attached hydrogens (tertiary/aromatic N) is 5. The fraction of sp³-hybridized carbons (Fsp3) is 0.310. The number of benzene rings is 2. The first-order valence-electron chi connectivity index (χ1n) is 13.5. The zero-order valence-electron chi connectivity index (χ0n) is 23.7. The van der Waals surface area contributed by atoms with Crippen molar-refractivity contribution in [3.8, 4) is 28.2 Å². The molecule has 0 aliphatic carbocycles. The number of hydrogen-bond donors (Lipinski definition) is 2. The Bertz CT molecular complexity index is 1740. The number of carbonyl (C=O) groups excluding carboxylic acids is 1. The van der Waals surface area contributed by atoms with Crippen LogP contribution in [-0.2, 0) is 4.74 Å². The zero-order valence-corrected chi connectivity index (χ0v) is 24.5. The molecule has 0 saturated heterocycles. The summed E-state index contributed by atoms with van der Waals surface area (Å²) in [5.41, 5.74) is 3.90. The molecule has 0 saturated carbocycles. The summed E-state index contributed by atoms with van der Waals surface area (Å²) >= 11 is 1.38. The molecule has 3 aromatic heterocycles. The topological polar surface area (TPSA) is 151 Å². The van der Waals surface area contributed by atoms with E-state index in [1.807, 2.05) is 26.0 Å². The smallest absolute Gasteiger partial charge is 0.411 e. The van der Waals surface area contributed by atoms with Crippen molar-refractivity contribution in [2.24, 2.45) is 0 Å². The fourth-order valence-corrected chi connectivity index (χ4v) is 5.04. The van der Waals surface area contributed by atoms with Gasteiger partial charge in [0.05, 0.1) is 58.7 Å². The monoisotopic (exact) mass is 608 g/mol. The van der Waals surface area contributed by atoms with Crippen molar-refractivity contribution >= 4 is 44.4 Å². The van der Waals surface area contributed by atoms with E-state index in [2.05, 4.69) is 30.2 Å². The first-order chi connectivity index (χ1) is 20.8. The average molecular weight is 609 g/mol. The Morgan fingerprint density at radius 3 is 2.65 bits per heavy atom. The summed E-state index contributed by atoms with van der Waals surface area (Å²) in [5, 5.41) is 12.0. The van der Waals surface area contributed by atoms with Gasteiger partial charge in [0.25, 0.3) is 0 Å². The normalized spacial score (nSPS) is 11.8. The van der Waals surface area contributed by atoms with Crippen molar-refractivity contribution in [2.75, 3.05) is 31.7 Å². The number of aromatic nitrogens is 5. The van der Waals surface area contributed by atoms with Gasteiger partial charge in [-0.1, -0.05) is 0 Å². The second-order valence-electron chi connectivity index (χ2n) is 9.42. The minimum Gasteiger partial charge on any atom is -0.484 e. The van der Waals surface area contributed by atoms with Crippen LogP contribution in [-0.4, -0.2) is 68.7 Å². The average Bonchev–Trinajstić information content (AvgIpc) is 3.39. The minimum absolute atomic E-state index is 0.000643. The fourth-order valence-electron chi connectivity index (χ4n) is 4.04. The molecule has 0 radical (unpaired) electrons. The quantitative estimate of drug-likeness (QED) is 0.177. The molecule has 2 N–H and O–H groups in total. The van der Waals surface area contributed by atoms with E-state index in [0.717, 1.165) is 15.8 Å². The van der Waals surface area contributed by atoms with E-state index in [1.54, 1.807) is 19.2 Å². The van der Waals surface area contributed by atoms with Gasteiger partial charge in [-0.15, -0.1) is 11.3 Å². The molecule has 0 bridgehead atoms. The number of anilines is 1. The van der Waals surface area contributed by atoms with Gasteiger partial charge in [-0.05, 0) is 38.5 Å². The van der Waals surface area contributed by atoms with E-state index in [1.165, 1.54) is 29.8 Å². The summed E-state index contributed by atoms with van der Waals surface area (Å²) in [6, 6.07) is 6.93. The maximum atomic E-state index is 15.0. The van der Waals surface area contributed by atoms with E-state index >= 15 is 0 Å².